The summed E-state index contributed by atoms with van der Waals surface area (Å²) in [6.07, 6.45) is 0.696. The van der Waals surface area contributed by atoms with Crippen molar-refractivity contribution in [1.82, 2.24) is 4.31 Å². The van der Waals surface area contributed by atoms with E-state index in [1.165, 1.54) is 28.6 Å². The van der Waals surface area contributed by atoms with Crippen molar-refractivity contribution in [3.63, 3.8) is 0 Å². The molecule has 3 rings (SSSR count). The fourth-order valence-electron chi connectivity index (χ4n) is 3.33. The molecule has 166 valence electrons. The molecule has 0 atom stereocenters. The zero-order valence-electron chi connectivity index (χ0n) is 16.8. The Balaban J connectivity index is 1.60. The number of hydrogen-bond acceptors (Lipinski definition) is 5. The predicted molar refractivity (Wildman–Crippen MR) is 114 cm³/mol. The maximum atomic E-state index is 13.1. The third kappa shape index (κ3) is 5.41. The number of nitrogens with one attached hydrogen (secondary N) is 1. The monoisotopic (exact) mass is 468 g/mol. The summed E-state index contributed by atoms with van der Waals surface area (Å²) < 4.78 is 44.7. The SMILES string of the molecule is CCOC(=O)c1ccc(NC(=O)C2CCN(S(=O)(=O)c3ccc(F)cc3)CC2)cc1Cl. The van der Waals surface area contributed by atoms with Gasteiger partial charge in [0, 0.05) is 24.7 Å². The van der Waals surface area contributed by atoms with Crippen LogP contribution in [0, 0.1) is 11.7 Å². The molecule has 0 spiro atoms. The van der Waals surface area contributed by atoms with Crippen molar-refractivity contribution >= 4 is 39.2 Å². The second-order valence-electron chi connectivity index (χ2n) is 7.04. The Bertz CT molecular complexity index is 1070. The van der Waals surface area contributed by atoms with E-state index in [1.807, 2.05) is 0 Å². The highest BCUT2D eigenvalue weighted by atomic mass is 35.5. The average Bonchev–Trinajstić information content (AvgIpc) is 2.74. The maximum absolute atomic E-state index is 13.1. The number of esters is 1. The Morgan fingerprint density at radius 2 is 1.81 bits per heavy atom. The van der Waals surface area contributed by atoms with Gasteiger partial charge in [-0.05, 0) is 62.2 Å². The number of sulfonamides is 1. The minimum absolute atomic E-state index is 0.0214. The van der Waals surface area contributed by atoms with Crippen LogP contribution in [-0.4, -0.2) is 44.3 Å². The van der Waals surface area contributed by atoms with Gasteiger partial charge in [-0.2, -0.15) is 4.31 Å². The van der Waals surface area contributed by atoms with Gasteiger partial charge in [-0.15, -0.1) is 0 Å². The summed E-state index contributed by atoms with van der Waals surface area (Å²) in [5.41, 5.74) is 0.644. The smallest absolute Gasteiger partial charge is 0.339 e. The van der Waals surface area contributed by atoms with E-state index in [0.29, 0.717) is 18.5 Å². The first kappa shape index (κ1) is 23.2. The van der Waals surface area contributed by atoms with E-state index in [0.717, 1.165) is 12.1 Å². The van der Waals surface area contributed by atoms with Crippen molar-refractivity contribution in [3.8, 4) is 0 Å². The van der Waals surface area contributed by atoms with Crippen LogP contribution in [0.5, 0.6) is 0 Å². The van der Waals surface area contributed by atoms with Crippen LogP contribution in [0.15, 0.2) is 47.4 Å². The second kappa shape index (κ2) is 9.76. The largest absolute Gasteiger partial charge is 0.462 e. The molecule has 0 radical (unpaired) electrons. The lowest BCUT2D eigenvalue weighted by atomic mass is 9.97. The van der Waals surface area contributed by atoms with Gasteiger partial charge >= 0.3 is 5.97 Å². The highest BCUT2D eigenvalue weighted by molar-refractivity contribution is 7.89. The Kier molecular flexibility index (Phi) is 7.30. The normalized spacial score (nSPS) is 15.5. The average molecular weight is 469 g/mol. The highest BCUT2D eigenvalue weighted by Crippen LogP contribution is 2.26. The first-order valence-corrected chi connectivity index (χ1v) is 11.6. The molecule has 1 saturated heterocycles. The predicted octanol–water partition coefficient (Wildman–Crippen LogP) is 3.70. The van der Waals surface area contributed by atoms with E-state index >= 15 is 0 Å². The van der Waals surface area contributed by atoms with Crippen LogP contribution in [0.3, 0.4) is 0 Å². The number of hydrogen-bond donors (Lipinski definition) is 1. The van der Waals surface area contributed by atoms with E-state index in [-0.39, 0.29) is 47.0 Å². The topological polar surface area (TPSA) is 92.8 Å². The van der Waals surface area contributed by atoms with Gasteiger partial charge in [0.1, 0.15) is 5.82 Å². The molecule has 2 aromatic carbocycles. The highest BCUT2D eigenvalue weighted by Gasteiger charge is 2.32. The van der Waals surface area contributed by atoms with E-state index in [4.69, 9.17) is 16.3 Å². The molecule has 1 N–H and O–H groups in total. The molecular weight excluding hydrogens is 447 g/mol. The Morgan fingerprint density at radius 3 is 2.39 bits per heavy atom. The van der Waals surface area contributed by atoms with Gasteiger partial charge in [0.2, 0.25) is 15.9 Å². The second-order valence-corrected chi connectivity index (χ2v) is 9.38. The molecule has 0 saturated carbocycles. The van der Waals surface area contributed by atoms with Crippen molar-refractivity contribution in [3.05, 3.63) is 58.9 Å². The fourth-order valence-corrected chi connectivity index (χ4v) is 5.05. The molecule has 0 aromatic heterocycles. The van der Waals surface area contributed by atoms with Gasteiger partial charge in [-0.3, -0.25) is 4.79 Å². The lowest BCUT2D eigenvalue weighted by Crippen LogP contribution is -2.41. The zero-order valence-corrected chi connectivity index (χ0v) is 18.4. The number of ether oxygens (including phenoxy) is 1. The first-order chi connectivity index (χ1) is 14.7. The van der Waals surface area contributed by atoms with Gasteiger partial charge in [-0.1, -0.05) is 11.6 Å². The molecule has 2 aromatic rings. The summed E-state index contributed by atoms with van der Waals surface area (Å²) in [6, 6.07) is 9.18. The van der Waals surface area contributed by atoms with E-state index < -0.39 is 21.8 Å². The number of rotatable bonds is 6. The zero-order chi connectivity index (χ0) is 22.6. The molecule has 1 heterocycles. The van der Waals surface area contributed by atoms with Gasteiger partial charge in [0.05, 0.1) is 22.1 Å². The molecule has 7 nitrogen and oxygen atoms in total. The summed E-state index contributed by atoms with van der Waals surface area (Å²) in [6.45, 7) is 2.28. The number of carbonyl (C=O) groups is 2. The third-order valence-corrected chi connectivity index (χ3v) is 7.23. The van der Waals surface area contributed by atoms with Crippen molar-refractivity contribution in [2.24, 2.45) is 5.92 Å². The van der Waals surface area contributed by atoms with Crippen LogP contribution < -0.4 is 5.32 Å². The Labute approximate surface area is 185 Å². The minimum Gasteiger partial charge on any atom is -0.462 e. The summed E-state index contributed by atoms with van der Waals surface area (Å²) >= 11 is 6.12. The number of anilines is 1. The summed E-state index contributed by atoms with van der Waals surface area (Å²) in [4.78, 5) is 24.4. The Hall–Kier alpha value is -2.49. The number of amides is 1. The van der Waals surface area contributed by atoms with Crippen LogP contribution in [0.2, 0.25) is 5.02 Å². The molecule has 1 amide bonds. The van der Waals surface area contributed by atoms with Crippen LogP contribution in [0.4, 0.5) is 10.1 Å². The van der Waals surface area contributed by atoms with E-state index in [2.05, 4.69) is 5.32 Å². The molecule has 1 aliphatic heterocycles. The lowest BCUT2D eigenvalue weighted by molar-refractivity contribution is -0.120. The van der Waals surface area contributed by atoms with Crippen molar-refractivity contribution < 1.29 is 27.1 Å². The molecule has 1 fully saturated rings. The summed E-state index contributed by atoms with van der Waals surface area (Å²) in [7, 11) is -3.74. The molecule has 1 aliphatic rings. The molecule has 31 heavy (non-hydrogen) atoms. The maximum Gasteiger partial charge on any atom is 0.339 e. The Morgan fingerprint density at radius 1 is 1.16 bits per heavy atom. The van der Waals surface area contributed by atoms with Gasteiger partial charge < -0.3 is 10.1 Å². The van der Waals surface area contributed by atoms with Crippen molar-refractivity contribution in [2.75, 3.05) is 25.0 Å². The van der Waals surface area contributed by atoms with Crippen LogP contribution in [-0.2, 0) is 19.6 Å². The van der Waals surface area contributed by atoms with Gasteiger partial charge in [0.25, 0.3) is 0 Å². The van der Waals surface area contributed by atoms with Crippen LogP contribution >= 0.6 is 11.6 Å². The van der Waals surface area contributed by atoms with Crippen LogP contribution in [0.1, 0.15) is 30.1 Å². The first-order valence-electron chi connectivity index (χ1n) is 9.75. The number of nitrogens with zero attached hydrogens (tertiary/aromatic N) is 1. The number of halogens is 2. The number of carbonyl (C=O) groups excluding carboxylic acids is 2. The number of benzene rings is 2. The standard InChI is InChI=1S/C21H22ClFN2O5S/c1-2-30-21(27)18-8-5-16(13-19(18)22)24-20(26)14-9-11-25(12-10-14)31(28,29)17-6-3-15(23)4-7-17/h3-8,13-14H,2,9-12H2,1H3,(H,24,26). The molecule has 0 unspecified atom stereocenters. The summed E-state index contributed by atoms with van der Waals surface area (Å²) in [5.74, 6) is -1.67. The fraction of sp³-hybridized carbons (Fsp3) is 0.333. The molecule has 0 bridgehead atoms. The quantitative estimate of drug-likeness (QED) is 0.652. The van der Waals surface area contributed by atoms with Gasteiger partial charge in [0.15, 0.2) is 0 Å². The van der Waals surface area contributed by atoms with Crippen LogP contribution in [0.25, 0.3) is 0 Å². The summed E-state index contributed by atoms with van der Waals surface area (Å²) in [5, 5.41) is 2.92. The van der Waals surface area contributed by atoms with E-state index in [1.54, 1.807) is 13.0 Å². The lowest BCUT2D eigenvalue weighted by Gasteiger charge is -2.30. The molecule has 10 heteroatoms. The van der Waals surface area contributed by atoms with Crippen molar-refractivity contribution in [2.45, 2.75) is 24.7 Å². The van der Waals surface area contributed by atoms with E-state index in [9.17, 15) is 22.4 Å². The third-order valence-electron chi connectivity index (χ3n) is 5.01. The van der Waals surface area contributed by atoms with Gasteiger partial charge in [-0.25, -0.2) is 17.6 Å². The minimum atomic E-state index is -3.74. The van der Waals surface area contributed by atoms with Crippen molar-refractivity contribution in [1.29, 1.82) is 0 Å². The molecule has 0 aliphatic carbocycles. The number of piperidine rings is 1. The molecular formula is C21H22ClFN2O5S.